The third-order valence-electron chi connectivity index (χ3n) is 3.20. The van der Waals surface area contributed by atoms with Crippen molar-refractivity contribution in [3.05, 3.63) is 0 Å². The quantitative estimate of drug-likeness (QED) is 0.723. The number of hydrogen-bond donors (Lipinski definition) is 1. The number of nitrogens with zero attached hydrogens (tertiary/aromatic N) is 1. The van der Waals surface area contributed by atoms with Gasteiger partial charge in [-0.25, -0.2) is 0 Å². The Kier molecular flexibility index (Phi) is 10.4. The molecule has 18 heavy (non-hydrogen) atoms. The van der Waals surface area contributed by atoms with Crippen molar-refractivity contribution >= 4 is 18.3 Å². The van der Waals surface area contributed by atoms with Crippen LogP contribution in [-0.2, 0) is 9.53 Å². The molecule has 108 valence electrons. The van der Waals surface area contributed by atoms with Crippen molar-refractivity contribution in [3.63, 3.8) is 0 Å². The number of hydrogen-bond acceptors (Lipinski definition) is 3. The Morgan fingerprint density at radius 1 is 1.33 bits per heavy atom. The molecular formula is C13H27ClN2O2. The van der Waals surface area contributed by atoms with Gasteiger partial charge in [-0.15, -0.1) is 12.4 Å². The van der Waals surface area contributed by atoms with E-state index in [1.807, 2.05) is 6.92 Å². The highest BCUT2D eigenvalue weighted by molar-refractivity contribution is 5.85. The third kappa shape index (κ3) is 6.03. The molecule has 0 aliphatic carbocycles. The number of ether oxygens (including phenoxy) is 1. The lowest BCUT2D eigenvalue weighted by Crippen LogP contribution is -2.46. The zero-order chi connectivity index (χ0) is 12.5. The molecule has 1 fully saturated rings. The van der Waals surface area contributed by atoms with Crippen LogP contribution in [0.3, 0.4) is 0 Å². The number of halogens is 1. The standard InChI is InChI=1S/C13H26N2O2.ClH/c1-3-10-15(12-5-8-14-9-6-12)13(16)7-11-17-4-2;/h12,14H,3-11H2,1-2H3;1H. The topological polar surface area (TPSA) is 41.6 Å². The van der Waals surface area contributed by atoms with Crippen LogP contribution in [0, 0.1) is 0 Å². The van der Waals surface area contributed by atoms with E-state index in [-0.39, 0.29) is 18.3 Å². The molecule has 0 bridgehead atoms. The van der Waals surface area contributed by atoms with Crippen LogP contribution in [0.2, 0.25) is 0 Å². The highest BCUT2D eigenvalue weighted by atomic mass is 35.5. The predicted octanol–water partition coefficient (Wildman–Crippen LogP) is 1.83. The van der Waals surface area contributed by atoms with Crippen LogP contribution in [0.25, 0.3) is 0 Å². The number of rotatable bonds is 7. The molecule has 1 heterocycles. The second kappa shape index (κ2) is 10.6. The summed E-state index contributed by atoms with van der Waals surface area (Å²) in [6.07, 6.45) is 3.73. The molecule has 0 unspecified atom stereocenters. The summed E-state index contributed by atoms with van der Waals surface area (Å²) in [5, 5.41) is 3.34. The Labute approximate surface area is 117 Å². The highest BCUT2D eigenvalue weighted by Crippen LogP contribution is 2.13. The van der Waals surface area contributed by atoms with Crippen LogP contribution < -0.4 is 5.32 Å². The van der Waals surface area contributed by atoms with E-state index in [0.29, 0.717) is 25.7 Å². The SMILES string of the molecule is CCCN(C(=O)CCOCC)C1CCNCC1.Cl. The van der Waals surface area contributed by atoms with Crippen molar-refractivity contribution in [2.24, 2.45) is 0 Å². The Hall–Kier alpha value is -0.320. The molecule has 0 aromatic rings. The van der Waals surface area contributed by atoms with Gasteiger partial charge in [0, 0.05) is 19.2 Å². The van der Waals surface area contributed by atoms with Crippen LogP contribution in [0.15, 0.2) is 0 Å². The molecule has 1 saturated heterocycles. The molecule has 1 rings (SSSR count). The summed E-state index contributed by atoms with van der Waals surface area (Å²) in [6, 6.07) is 0.435. The number of amides is 1. The van der Waals surface area contributed by atoms with E-state index in [1.54, 1.807) is 0 Å². The number of piperidine rings is 1. The van der Waals surface area contributed by atoms with Crippen LogP contribution in [0.4, 0.5) is 0 Å². The van der Waals surface area contributed by atoms with E-state index in [4.69, 9.17) is 4.74 Å². The van der Waals surface area contributed by atoms with Gasteiger partial charge in [0.1, 0.15) is 0 Å². The van der Waals surface area contributed by atoms with E-state index in [1.165, 1.54) is 0 Å². The minimum absolute atomic E-state index is 0. The summed E-state index contributed by atoms with van der Waals surface area (Å²) in [5.41, 5.74) is 0. The molecule has 0 aromatic carbocycles. The molecule has 1 aliphatic heterocycles. The number of nitrogens with one attached hydrogen (secondary N) is 1. The van der Waals surface area contributed by atoms with Crippen molar-refractivity contribution < 1.29 is 9.53 Å². The largest absolute Gasteiger partial charge is 0.381 e. The fraction of sp³-hybridized carbons (Fsp3) is 0.923. The zero-order valence-corrected chi connectivity index (χ0v) is 12.4. The van der Waals surface area contributed by atoms with Gasteiger partial charge in [-0.3, -0.25) is 4.79 Å². The molecule has 0 aromatic heterocycles. The monoisotopic (exact) mass is 278 g/mol. The van der Waals surface area contributed by atoms with Gasteiger partial charge in [-0.2, -0.15) is 0 Å². The maximum Gasteiger partial charge on any atom is 0.225 e. The summed E-state index contributed by atoms with van der Waals surface area (Å²) in [6.45, 7) is 8.28. The second-order valence-corrected chi connectivity index (χ2v) is 4.52. The first-order chi connectivity index (χ1) is 8.29. The van der Waals surface area contributed by atoms with Crippen molar-refractivity contribution in [2.75, 3.05) is 32.8 Å². The van der Waals surface area contributed by atoms with Crippen molar-refractivity contribution in [1.82, 2.24) is 10.2 Å². The minimum atomic E-state index is 0. The molecule has 5 heteroatoms. The second-order valence-electron chi connectivity index (χ2n) is 4.52. The molecule has 0 radical (unpaired) electrons. The summed E-state index contributed by atoms with van der Waals surface area (Å²) in [4.78, 5) is 14.2. The molecule has 0 saturated carbocycles. The minimum Gasteiger partial charge on any atom is -0.381 e. The van der Waals surface area contributed by atoms with Crippen LogP contribution in [-0.4, -0.2) is 49.7 Å². The molecular weight excluding hydrogens is 252 g/mol. The van der Waals surface area contributed by atoms with Gasteiger partial charge in [0.2, 0.25) is 5.91 Å². The average molecular weight is 279 g/mol. The first-order valence-electron chi connectivity index (χ1n) is 6.87. The summed E-state index contributed by atoms with van der Waals surface area (Å²) < 4.78 is 5.26. The Morgan fingerprint density at radius 3 is 2.56 bits per heavy atom. The van der Waals surface area contributed by atoms with Crippen LogP contribution >= 0.6 is 12.4 Å². The lowest BCUT2D eigenvalue weighted by Gasteiger charge is -2.34. The van der Waals surface area contributed by atoms with Crippen molar-refractivity contribution in [3.8, 4) is 0 Å². The van der Waals surface area contributed by atoms with Gasteiger partial charge < -0.3 is 15.0 Å². The van der Waals surface area contributed by atoms with E-state index < -0.39 is 0 Å². The Balaban J connectivity index is 0.00000289. The number of carbonyl (C=O) groups excluding carboxylic acids is 1. The van der Waals surface area contributed by atoms with E-state index in [0.717, 1.165) is 38.9 Å². The zero-order valence-electron chi connectivity index (χ0n) is 11.6. The molecule has 1 aliphatic rings. The average Bonchev–Trinajstić information content (AvgIpc) is 2.37. The normalized spacial score (nSPS) is 16.1. The third-order valence-corrected chi connectivity index (χ3v) is 3.20. The number of carbonyl (C=O) groups is 1. The van der Waals surface area contributed by atoms with Gasteiger partial charge in [0.25, 0.3) is 0 Å². The molecule has 0 atom stereocenters. The van der Waals surface area contributed by atoms with Crippen LogP contribution in [0.5, 0.6) is 0 Å². The van der Waals surface area contributed by atoms with E-state index in [9.17, 15) is 4.79 Å². The predicted molar refractivity (Wildman–Crippen MR) is 76.3 cm³/mol. The van der Waals surface area contributed by atoms with Gasteiger partial charge in [-0.1, -0.05) is 6.92 Å². The Bertz CT molecular complexity index is 221. The lowest BCUT2D eigenvalue weighted by atomic mass is 10.0. The first-order valence-corrected chi connectivity index (χ1v) is 6.87. The fourth-order valence-corrected chi connectivity index (χ4v) is 2.32. The van der Waals surface area contributed by atoms with E-state index in [2.05, 4.69) is 17.1 Å². The van der Waals surface area contributed by atoms with Gasteiger partial charge in [-0.05, 0) is 39.3 Å². The highest BCUT2D eigenvalue weighted by Gasteiger charge is 2.23. The smallest absolute Gasteiger partial charge is 0.225 e. The van der Waals surface area contributed by atoms with Crippen LogP contribution in [0.1, 0.15) is 39.5 Å². The van der Waals surface area contributed by atoms with Gasteiger partial charge in [0.05, 0.1) is 13.0 Å². The fourth-order valence-electron chi connectivity index (χ4n) is 2.32. The lowest BCUT2D eigenvalue weighted by molar-refractivity contribution is -0.135. The maximum absolute atomic E-state index is 12.1. The van der Waals surface area contributed by atoms with Gasteiger partial charge >= 0.3 is 0 Å². The maximum atomic E-state index is 12.1. The molecule has 4 nitrogen and oxygen atoms in total. The molecule has 1 N–H and O–H groups in total. The van der Waals surface area contributed by atoms with Gasteiger partial charge in [0.15, 0.2) is 0 Å². The summed E-state index contributed by atoms with van der Waals surface area (Å²) in [5.74, 6) is 0.257. The van der Waals surface area contributed by atoms with E-state index >= 15 is 0 Å². The van der Waals surface area contributed by atoms with Crippen molar-refractivity contribution in [2.45, 2.75) is 45.6 Å². The summed E-state index contributed by atoms with van der Waals surface area (Å²) >= 11 is 0. The molecule has 0 spiro atoms. The summed E-state index contributed by atoms with van der Waals surface area (Å²) in [7, 11) is 0. The Morgan fingerprint density at radius 2 is 2.00 bits per heavy atom. The first kappa shape index (κ1) is 17.7. The van der Waals surface area contributed by atoms with Crippen molar-refractivity contribution in [1.29, 1.82) is 0 Å². The molecule has 1 amide bonds.